The predicted octanol–water partition coefficient (Wildman–Crippen LogP) is 2.65. The van der Waals surface area contributed by atoms with E-state index in [1.54, 1.807) is 35.2 Å². The summed E-state index contributed by atoms with van der Waals surface area (Å²) in [5, 5.41) is 13.0. The molecule has 0 spiro atoms. The molecule has 2 saturated heterocycles. The molecule has 0 radical (unpaired) electrons. The molecule has 0 unspecified atom stereocenters. The van der Waals surface area contributed by atoms with Crippen LogP contribution in [-0.2, 0) is 16.1 Å². The minimum absolute atomic E-state index is 0.0113. The van der Waals surface area contributed by atoms with Crippen LogP contribution >= 0.6 is 0 Å². The third kappa shape index (κ3) is 5.51. The number of pyridine rings is 1. The molecule has 43 heavy (non-hydrogen) atoms. The van der Waals surface area contributed by atoms with E-state index in [1.807, 2.05) is 24.3 Å². The first kappa shape index (κ1) is 28.2. The van der Waals surface area contributed by atoms with Crippen LogP contribution < -0.4 is 15.0 Å². The number of carbonyl (C=O) groups is 3. The molecule has 2 N–H and O–H groups in total. The van der Waals surface area contributed by atoms with E-state index in [4.69, 9.17) is 9.72 Å². The van der Waals surface area contributed by atoms with E-state index in [0.29, 0.717) is 29.1 Å². The van der Waals surface area contributed by atoms with E-state index in [1.165, 1.54) is 7.11 Å². The van der Waals surface area contributed by atoms with Gasteiger partial charge in [0, 0.05) is 56.0 Å². The van der Waals surface area contributed by atoms with Crippen molar-refractivity contribution in [3.63, 3.8) is 0 Å². The summed E-state index contributed by atoms with van der Waals surface area (Å²) in [4.78, 5) is 49.4. The van der Waals surface area contributed by atoms with Crippen molar-refractivity contribution in [2.24, 2.45) is 5.41 Å². The minimum Gasteiger partial charge on any atom is -0.506 e. The largest absolute Gasteiger partial charge is 0.506 e. The highest BCUT2D eigenvalue weighted by atomic mass is 16.5. The predicted molar refractivity (Wildman–Crippen MR) is 160 cm³/mol. The first-order chi connectivity index (χ1) is 20.8. The van der Waals surface area contributed by atoms with Crippen LogP contribution in [0.1, 0.15) is 34.8 Å². The summed E-state index contributed by atoms with van der Waals surface area (Å²) in [7, 11) is 1.54. The lowest BCUT2D eigenvalue weighted by Crippen LogP contribution is -2.46. The Labute approximate surface area is 250 Å². The number of carbonyl (C=O) groups excluding carboxylic acids is 3. The van der Waals surface area contributed by atoms with Gasteiger partial charge in [-0.1, -0.05) is 37.0 Å². The number of nitrogens with zero attached hydrogens (tertiary/aromatic N) is 4. The van der Waals surface area contributed by atoms with E-state index >= 15 is 0 Å². The van der Waals surface area contributed by atoms with Gasteiger partial charge in [-0.05, 0) is 48.5 Å². The van der Waals surface area contributed by atoms with Crippen LogP contribution in [0, 0.1) is 17.3 Å². The number of fused-ring (bicyclic) bond motifs is 1. The molecule has 4 heterocycles. The molecule has 0 saturated carbocycles. The number of amides is 3. The summed E-state index contributed by atoms with van der Waals surface area (Å²) in [5.41, 5.74) is 1.83. The summed E-state index contributed by atoms with van der Waals surface area (Å²) in [6.07, 6.45) is -0.128. The second-order valence-electron chi connectivity index (χ2n) is 11.1. The summed E-state index contributed by atoms with van der Waals surface area (Å²) in [6.45, 7) is 7.19. The normalized spacial score (nSPS) is 20.1. The Morgan fingerprint density at radius 3 is 2.47 bits per heavy atom. The van der Waals surface area contributed by atoms with Crippen molar-refractivity contribution < 1.29 is 24.2 Å². The molecular weight excluding hydrogens is 546 g/mol. The van der Waals surface area contributed by atoms with Crippen LogP contribution in [-0.4, -0.2) is 84.0 Å². The van der Waals surface area contributed by atoms with Gasteiger partial charge in [-0.3, -0.25) is 19.7 Å². The molecule has 2 aromatic carbocycles. The van der Waals surface area contributed by atoms with E-state index in [2.05, 4.69) is 33.9 Å². The van der Waals surface area contributed by atoms with E-state index in [0.717, 1.165) is 49.7 Å². The van der Waals surface area contributed by atoms with Crippen molar-refractivity contribution in [2.45, 2.75) is 19.9 Å². The molecule has 10 nitrogen and oxygen atoms in total. The molecule has 1 aromatic heterocycles. The minimum atomic E-state index is -1.37. The third-order valence-electron chi connectivity index (χ3n) is 8.41. The quantitative estimate of drug-likeness (QED) is 0.339. The number of hydrogen-bond donors (Lipinski definition) is 2. The summed E-state index contributed by atoms with van der Waals surface area (Å²) in [6, 6.07) is 16.1. The molecule has 6 rings (SSSR count). The molecule has 0 aliphatic carbocycles. The van der Waals surface area contributed by atoms with Crippen LogP contribution in [0.2, 0.25) is 0 Å². The zero-order valence-corrected chi connectivity index (χ0v) is 24.2. The van der Waals surface area contributed by atoms with Crippen molar-refractivity contribution in [2.75, 3.05) is 51.3 Å². The van der Waals surface area contributed by atoms with Crippen molar-refractivity contribution in [3.05, 3.63) is 71.3 Å². The summed E-state index contributed by atoms with van der Waals surface area (Å²) < 4.78 is 5.26. The highest BCUT2D eigenvalue weighted by Gasteiger charge is 2.48. The smallest absolute Gasteiger partial charge is 0.254 e. The number of anilines is 1. The Morgan fingerprint density at radius 2 is 1.79 bits per heavy atom. The lowest BCUT2D eigenvalue weighted by atomic mass is 9.85. The fourth-order valence-corrected chi connectivity index (χ4v) is 5.86. The number of rotatable bonds is 6. The molecule has 3 aliphatic heterocycles. The number of ether oxygens (including phenoxy) is 1. The Balaban J connectivity index is 1.22. The standard InChI is InChI=1S/C33H33N5O5/c1-3-36-14-16-37(17-15-36)28-11-10-27(39)30(34-28)23-6-4-22(5-7-23)12-13-33(19-29(40)35-32(33)42)21-38-20-24-8-9-25(43-2)18-26(24)31(38)41/h4-11,18,39H,3,14-17,19-21H2,1-2H3,(H,35,40,42)/t33-/m1/s1. The Hall–Kier alpha value is -4.88. The Kier molecular flexibility index (Phi) is 7.50. The highest BCUT2D eigenvalue weighted by Crippen LogP contribution is 2.34. The molecule has 3 amide bonds. The van der Waals surface area contributed by atoms with Gasteiger partial charge in [-0.2, -0.15) is 0 Å². The number of aromatic nitrogens is 1. The van der Waals surface area contributed by atoms with Gasteiger partial charge in [0.05, 0.1) is 13.5 Å². The van der Waals surface area contributed by atoms with Crippen LogP contribution in [0.3, 0.4) is 0 Å². The summed E-state index contributed by atoms with van der Waals surface area (Å²) >= 11 is 0. The fraction of sp³-hybridized carbons (Fsp3) is 0.333. The first-order valence-corrected chi connectivity index (χ1v) is 14.4. The van der Waals surface area contributed by atoms with Gasteiger partial charge in [0.15, 0.2) is 0 Å². The molecule has 10 heteroatoms. The van der Waals surface area contributed by atoms with Gasteiger partial charge in [-0.25, -0.2) is 4.98 Å². The monoisotopic (exact) mass is 579 g/mol. The zero-order chi connectivity index (χ0) is 30.1. The maximum absolute atomic E-state index is 13.2. The number of aromatic hydroxyl groups is 1. The summed E-state index contributed by atoms with van der Waals surface area (Å²) in [5.74, 6) is 6.43. The second kappa shape index (κ2) is 11.4. The average molecular weight is 580 g/mol. The number of hydrogen-bond acceptors (Lipinski definition) is 8. The number of imide groups is 1. The number of methoxy groups -OCH3 is 1. The zero-order valence-electron chi connectivity index (χ0n) is 24.2. The molecule has 0 bridgehead atoms. The van der Waals surface area contributed by atoms with E-state index < -0.39 is 17.2 Å². The van der Waals surface area contributed by atoms with Crippen LogP contribution in [0.25, 0.3) is 11.3 Å². The maximum atomic E-state index is 13.2. The van der Waals surface area contributed by atoms with E-state index in [9.17, 15) is 19.5 Å². The topological polar surface area (TPSA) is 115 Å². The lowest BCUT2D eigenvalue weighted by Gasteiger charge is -2.34. The molecule has 1 atom stereocenters. The fourth-order valence-electron chi connectivity index (χ4n) is 5.86. The second-order valence-corrected chi connectivity index (χ2v) is 11.1. The molecule has 220 valence electrons. The van der Waals surface area contributed by atoms with Gasteiger partial charge in [0.25, 0.3) is 5.91 Å². The van der Waals surface area contributed by atoms with Crippen molar-refractivity contribution in [1.29, 1.82) is 0 Å². The third-order valence-corrected chi connectivity index (χ3v) is 8.41. The lowest BCUT2D eigenvalue weighted by molar-refractivity contribution is -0.127. The number of nitrogens with one attached hydrogen (secondary N) is 1. The number of piperazine rings is 1. The number of benzene rings is 2. The van der Waals surface area contributed by atoms with Gasteiger partial charge in [0.1, 0.15) is 28.4 Å². The van der Waals surface area contributed by atoms with Gasteiger partial charge >= 0.3 is 0 Å². The molecule has 3 aliphatic rings. The molecule has 3 aromatic rings. The van der Waals surface area contributed by atoms with E-state index in [-0.39, 0.29) is 24.6 Å². The van der Waals surface area contributed by atoms with Crippen LogP contribution in [0.4, 0.5) is 5.82 Å². The maximum Gasteiger partial charge on any atom is 0.254 e. The van der Waals surface area contributed by atoms with Crippen molar-refractivity contribution in [3.8, 4) is 34.6 Å². The van der Waals surface area contributed by atoms with Crippen molar-refractivity contribution >= 4 is 23.5 Å². The van der Waals surface area contributed by atoms with Crippen molar-refractivity contribution in [1.82, 2.24) is 20.1 Å². The first-order valence-electron chi connectivity index (χ1n) is 14.4. The number of likely N-dealkylation sites (N-methyl/N-ethyl adjacent to an activating group) is 1. The van der Waals surface area contributed by atoms with Crippen LogP contribution in [0.5, 0.6) is 11.5 Å². The van der Waals surface area contributed by atoms with Gasteiger partial charge in [-0.15, -0.1) is 0 Å². The SMILES string of the molecule is CCN1CCN(c2ccc(O)c(-c3ccc(C#C[C@]4(CN5Cc6ccc(OC)cc6C5=O)CC(=O)NC4=O)cc3)n2)CC1. The molecular formula is C33H33N5O5. The average Bonchev–Trinajstić information content (AvgIpc) is 3.49. The Morgan fingerprint density at radius 1 is 1.02 bits per heavy atom. The Bertz CT molecular complexity index is 1650. The van der Waals surface area contributed by atoms with Gasteiger partial charge in [0.2, 0.25) is 11.8 Å². The molecule has 2 fully saturated rings. The highest BCUT2D eigenvalue weighted by molar-refractivity contribution is 6.08. The van der Waals surface area contributed by atoms with Crippen LogP contribution in [0.15, 0.2) is 54.6 Å². The van der Waals surface area contributed by atoms with Gasteiger partial charge < -0.3 is 24.5 Å².